The Hall–Kier alpha value is -1.93. The highest BCUT2D eigenvalue weighted by Crippen LogP contribution is 2.18. The number of nitrogens with zero attached hydrogens (tertiary/aromatic N) is 1. The SMILES string of the molecule is CC(C)S(=O)(=O)c1ccc(C(=O)N2CCOC[C@@H]2C(=O)O)cc1. The number of benzene rings is 1. The first-order valence-electron chi connectivity index (χ1n) is 7.20. The molecule has 126 valence electrons. The van der Waals surface area contributed by atoms with Crippen LogP contribution in [0.15, 0.2) is 29.2 Å². The van der Waals surface area contributed by atoms with Gasteiger partial charge >= 0.3 is 5.97 Å². The molecule has 0 unspecified atom stereocenters. The van der Waals surface area contributed by atoms with Gasteiger partial charge in [-0.1, -0.05) is 0 Å². The molecule has 1 fully saturated rings. The molecular formula is C15H19NO6S. The lowest BCUT2D eigenvalue weighted by Crippen LogP contribution is -2.52. The van der Waals surface area contributed by atoms with E-state index >= 15 is 0 Å². The molecule has 1 aliphatic heterocycles. The Labute approximate surface area is 134 Å². The van der Waals surface area contributed by atoms with Gasteiger partial charge in [-0.3, -0.25) is 4.79 Å². The van der Waals surface area contributed by atoms with Gasteiger partial charge in [0.2, 0.25) is 0 Å². The molecule has 1 aromatic carbocycles. The van der Waals surface area contributed by atoms with Crippen molar-refractivity contribution in [3.8, 4) is 0 Å². The van der Waals surface area contributed by atoms with E-state index in [4.69, 9.17) is 9.84 Å². The van der Waals surface area contributed by atoms with E-state index in [1.165, 1.54) is 29.2 Å². The van der Waals surface area contributed by atoms with Gasteiger partial charge in [-0.05, 0) is 38.1 Å². The second kappa shape index (κ2) is 6.67. The van der Waals surface area contributed by atoms with E-state index in [2.05, 4.69) is 0 Å². The molecule has 2 rings (SSSR count). The van der Waals surface area contributed by atoms with Crippen molar-refractivity contribution in [3.63, 3.8) is 0 Å². The molecule has 1 atom stereocenters. The zero-order valence-electron chi connectivity index (χ0n) is 12.9. The summed E-state index contributed by atoms with van der Waals surface area (Å²) in [5.74, 6) is -1.58. The molecule has 1 heterocycles. The number of carbonyl (C=O) groups excluding carboxylic acids is 1. The molecule has 0 bridgehead atoms. The van der Waals surface area contributed by atoms with Crippen LogP contribution in [0.2, 0.25) is 0 Å². The quantitative estimate of drug-likeness (QED) is 0.869. The Morgan fingerprint density at radius 1 is 1.26 bits per heavy atom. The zero-order chi connectivity index (χ0) is 17.2. The largest absolute Gasteiger partial charge is 0.480 e. The van der Waals surface area contributed by atoms with E-state index in [0.717, 1.165) is 0 Å². The van der Waals surface area contributed by atoms with Crippen LogP contribution in [0.5, 0.6) is 0 Å². The standard InChI is InChI=1S/C15H19NO6S/c1-10(2)23(20,21)12-5-3-11(4-6-12)14(17)16-7-8-22-9-13(16)15(18)19/h3-6,10,13H,7-9H2,1-2H3,(H,18,19)/t13-/m1/s1. The van der Waals surface area contributed by atoms with Gasteiger partial charge in [0.15, 0.2) is 15.9 Å². The number of carbonyl (C=O) groups is 2. The van der Waals surface area contributed by atoms with Gasteiger partial charge < -0.3 is 14.7 Å². The van der Waals surface area contributed by atoms with Crippen molar-refractivity contribution in [1.29, 1.82) is 0 Å². The van der Waals surface area contributed by atoms with Crippen LogP contribution < -0.4 is 0 Å². The van der Waals surface area contributed by atoms with Crippen molar-refractivity contribution in [2.75, 3.05) is 19.8 Å². The van der Waals surface area contributed by atoms with E-state index in [1.54, 1.807) is 13.8 Å². The summed E-state index contributed by atoms with van der Waals surface area (Å²) in [5, 5.41) is 8.61. The third kappa shape index (κ3) is 3.53. The Balaban J connectivity index is 2.25. The van der Waals surface area contributed by atoms with E-state index < -0.39 is 33.0 Å². The smallest absolute Gasteiger partial charge is 0.328 e. The molecule has 1 aliphatic rings. The number of ether oxygens (including phenoxy) is 1. The van der Waals surface area contributed by atoms with Crippen LogP contribution in [0.4, 0.5) is 0 Å². The van der Waals surface area contributed by atoms with E-state index in [1.807, 2.05) is 0 Å². The van der Waals surface area contributed by atoms with Crippen LogP contribution in [-0.4, -0.2) is 61.4 Å². The van der Waals surface area contributed by atoms with E-state index in [-0.39, 0.29) is 30.2 Å². The van der Waals surface area contributed by atoms with Crippen molar-refractivity contribution >= 4 is 21.7 Å². The molecule has 1 aromatic rings. The number of hydrogen-bond acceptors (Lipinski definition) is 5. The van der Waals surface area contributed by atoms with Crippen molar-refractivity contribution in [2.24, 2.45) is 0 Å². The van der Waals surface area contributed by atoms with Gasteiger partial charge in [0, 0.05) is 12.1 Å². The lowest BCUT2D eigenvalue weighted by molar-refractivity contribution is -0.147. The number of morpholine rings is 1. The summed E-state index contributed by atoms with van der Waals surface area (Å²) in [6.07, 6.45) is 0. The number of rotatable bonds is 4. The molecule has 0 aliphatic carbocycles. The Kier molecular flexibility index (Phi) is 5.06. The van der Waals surface area contributed by atoms with Gasteiger partial charge in [-0.25, -0.2) is 13.2 Å². The normalized spacial score (nSPS) is 18.9. The summed E-state index contributed by atoms with van der Waals surface area (Å²) in [4.78, 5) is 25.0. The van der Waals surface area contributed by atoms with E-state index in [9.17, 15) is 18.0 Å². The maximum Gasteiger partial charge on any atom is 0.328 e. The number of carboxylic acids is 1. The lowest BCUT2D eigenvalue weighted by atomic mass is 10.1. The average Bonchev–Trinajstić information content (AvgIpc) is 2.54. The van der Waals surface area contributed by atoms with Crippen LogP contribution in [0.3, 0.4) is 0 Å². The predicted octanol–water partition coefficient (Wildman–Crippen LogP) is 0.794. The van der Waals surface area contributed by atoms with Gasteiger partial charge in [0.1, 0.15) is 0 Å². The summed E-state index contributed by atoms with van der Waals surface area (Å²) in [6, 6.07) is 4.53. The molecule has 0 radical (unpaired) electrons. The monoisotopic (exact) mass is 341 g/mol. The van der Waals surface area contributed by atoms with Crippen LogP contribution in [0, 0.1) is 0 Å². The minimum Gasteiger partial charge on any atom is -0.480 e. The van der Waals surface area contributed by atoms with Gasteiger partial charge in [0.25, 0.3) is 5.91 Å². The van der Waals surface area contributed by atoms with Crippen molar-refractivity contribution in [1.82, 2.24) is 4.90 Å². The second-order valence-electron chi connectivity index (χ2n) is 5.55. The average molecular weight is 341 g/mol. The molecule has 23 heavy (non-hydrogen) atoms. The van der Waals surface area contributed by atoms with Crippen LogP contribution in [0.1, 0.15) is 24.2 Å². The third-order valence-electron chi connectivity index (χ3n) is 3.72. The van der Waals surface area contributed by atoms with Gasteiger partial charge in [-0.15, -0.1) is 0 Å². The zero-order valence-corrected chi connectivity index (χ0v) is 13.7. The summed E-state index contributed by atoms with van der Waals surface area (Å²) in [5.41, 5.74) is 0.251. The lowest BCUT2D eigenvalue weighted by Gasteiger charge is -2.32. The molecule has 1 saturated heterocycles. The van der Waals surface area contributed by atoms with Crippen molar-refractivity contribution < 1.29 is 27.9 Å². The first-order chi connectivity index (χ1) is 10.7. The van der Waals surface area contributed by atoms with Crippen molar-refractivity contribution in [2.45, 2.75) is 30.0 Å². The number of amides is 1. The Morgan fingerprint density at radius 2 is 1.87 bits per heavy atom. The van der Waals surface area contributed by atoms with Crippen LogP contribution >= 0.6 is 0 Å². The minimum absolute atomic E-state index is 0.0547. The second-order valence-corrected chi connectivity index (χ2v) is 8.05. The fourth-order valence-electron chi connectivity index (χ4n) is 2.28. The predicted molar refractivity (Wildman–Crippen MR) is 82.0 cm³/mol. The van der Waals surface area contributed by atoms with E-state index in [0.29, 0.717) is 0 Å². The third-order valence-corrected chi connectivity index (χ3v) is 5.90. The fourth-order valence-corrected chi connectivity index (χ4v) is 3.34. The minimum atomic E-state index is -3.41. The molecule has 8 heteroatoms. The fraction of sp³-hybridized carbons (Fsp3) is 0.467. The molecule has 7 nitrogen and oxygen atoms in total. The summed E-state index contributed by atoms with van der Waals surface area (Å²) in [6.45, 7) is 3.57. The number of hydrogen-bond donors (Lipinski definition) is 1. The molecular weight excluding hydrogens is 322 g/mol. The van der Waals surface area contributed by atoms with Gasteiger partial charge in [0.05, 0.1) is 23.4 Å². The summed E-state index contributed by atoms with van der Waals surface area (Å²) in [7, 11) is -3.41. The van der Waals surface area contributed by atoms with Crippen molar-refractivity contribution in [3.05, 3.63) is 29.8 Å². The molecule has 0 saturated carbocycles. The summed E-state index contributed by atoms with van der Waals surface area (Å²) >= 11 is 0. The molecule has 0 spiro atoms. The number of carboxylic acid groups (broad SMARTS) is 1. The maximum absolute atomic E-state index is 12.5. The van der Waals surface area contributed by atoms with Crippen LogP contribution in [-0.2, 0) is 19.4 Å². The molecule has 1 N–H and O–H groups in total. The molecule has 1 amide bonds. The summed E-state index contributed by atoms with van der Waals surface area (Å²) < 4.78 is 29.2. The number of aliphatic carboxylic acids is 1. The van der Waals surface area contributed by atoms with Gasteiger partial charge in [-0.2, -0.15) is 0 Å². The highest BCUT2D eigenvalue weighted by molar-refractivity contribution is 7.92. The first-order valence-corrected chi connectivity index (χ1v) is 8.75. The first kappa shape index (κ1) is 17.4. The maximum atomic E-state index is 12.5. The highest BCUT2D eigenvalue weighted by Gasteiger charge is 2.33. The Morgan fingerprint density at radius 3 is 2.39 bits per heavy atom. The van der Waals surface area contributed by atoms with Crippen LogP contribution in [0.25, 0.3) is 0 Å². The Bertz CT molecular complexity index is 695. The number of sulfone groups is 1. The topological polar surface area (TPSA) is 101 Å². The highest BCUT2D eigenvalue weighted by atomic mass is 32.2. The molecule has 0 aromatic heterocycles.